The zero-order valence-electron chi connectivity index (χ0n) is 10.5. The Hall–Kier alpha value is -1.37. The molecule has 0 bridgehead atoms. The highest BCUT2D eigenvalue weighted by Gasteiger charge is 2.23. The van der Waals surface area contributed by atoms with Gasteiger partial charge in [-0.2, -0.15) is 5.10 Å². The van der Waals surface area contributed by atoms with E-state index in [0.29, 0.717) is 22.4 Å². The molecule has 2 heterocycles. The molecule has 1 aliphatic heterocycles. The fourth-order valence-corrected chi connectivity index (χ4v) is 2.45. The number of amidine groups is 1. The maximum atomic E-state index is 12.0. The lowest BCUT2D eigenvalue weighted by molar-refractivity contribution is 0.0962. The molecule has 98 valence electrons. The quantitative estimate of drug-likeness (QED) is 0.877. The molecule has 2 rings (SSSR count). The zero-order chi connectivity index (χ0) is 13.3. The van der Waals surface area contributed by atoms with Crippen LogP contribution >= 0.6 is 15.9 Å². The number of rotatable bonds is 2. The number of carbonyl (C=O) groups is 1. The van der Waals surface area contributed by atoms with Crippen LogP contribution in [-0.4, -0.2) is 28.0 Å². The molecule has 0 spiro atoms. The Morgan fingerprint density at radius 3 is 2.83 bits per heavy atom. The van der Waals surface area contributed by atoms with Gasteiger partial charge >= 0.3 is 0 Å². The molecule has 0 aliphatic carbocycles. The Morgan fingerprint density at radius 2 is 2.33 bits per heavy atom. The summed E-state index contributed by atoms with van der Waals surface area (Å²) in [6.45, 7) is 5.94. The molecular weight excluding hydrogens is 300 g/mol. The van der Waals surface area contributed by atoms with E-state index in [1.165, 1.54) is 0 Å². The van der Waals surface area contributed by atoms with Crippen molar-refractivity contribution in [3.8, 4) is 0 Å². The number of aromatic amines is 1. The molecule has 1 aromatic rings. The van der Waals surface area contributed by atoms with Crippen molar-refractivity contribution in [2.24, 2.45) is 5.16 Å². The van der Waals surface area contributed by atoms with Crippen LogP contribution in [0, 0.1) is 0 Å². The average molecular weight is 315 g/mol. The minimum absolute atomic E-state index is 0.00847. The van der Waals surface area contributed by atoms with Crippen molar-refractivity contribution in [3.05, 3.63) is 15.9 Å². The normalized spacial score (nSPS) is 18.7. The molecule has 2 N–H and O–H groups in total. The van der Waals surface area contributed by atoms with Crippen LogP contribution in [0.15, 0.2) is 9.63 Å². The van der Waals surface area contributed by atoms with E-state index in [1.807, 2.05) is 20.8 Å². The standard InChI is InChI=1S/C11H15BrN4O2/c1-5(2)9-8(12)10(15-14-9)11(17)13-7-4-6(3)18-16-7/h5-6H,4H2,1-3H3,(H,14,15)(H,13,16,17)/t6-/m0/s1. The highest BCUT2D eigenvalue weighted by molar-refractivity contribution is 9.10. The summed E-state index contributed by atoms with van der Waals surface area (Å²) < 4.78 is 0.697. The highest BCUT2D eigenvalue weighted by atomic mass is 79.9. The topological polar surface area (TPSA) is 79.4 Å². The van der Waals surface area contributed by atoms with Gasteiger partial charge in [0.25, 0.3) is 5.91 Å². The number of oxime groups is 1. The van der Waals surface area contributed by atoms with E-state index in [4.69, 9.17) is 4.84 Å². The first-order chi connectivity index (χ1) is 8.49. The van der Waals surface area contributed by atoms with Gasteiger partial charge < -0.3 is 10.2 Å². The second kappa shape index (κ2) is 5.09. The molecule has 0 fully saturated rings. The maximum absolute atomic E-state index is 12.0. The van der Waals surface area contributed by atoms with Gasteiger partial charge in [-0.25, -0.2) is 0 Å². The Morgan fingerprint density at radius 1 is 1.61 bits per heavy atom. The first-order valence-corrected chi connectivity index (χ1v) is 6.56. The SMILES string of the molecule is CC(C)c1[nH]nc(C(=O)NC2=NO[C@@H](C)C2)c1Br. The number of nitrogens with one attached hydrogen (secondary N) is 2. The number of amides is 1. The number of hydrogen-bond donors (Lipinski definition) is 2. The van der Waals surface area contributed by atoms with Crippen LogP contribution < -0.4 is 5.32 Å². The van der Waals surface area contributed by atoms with Gasteiger partial charge in [0.1, 0.15) is 6.10 Å². The third kappa shape index (κ3) is 2.55. The summed E-state index contributed by atoms with van der Waals surface area (Å²) in [5.74, 6) is 0.510. The smallest absolute Gasteiger partial charge is 0.278 e. The highest BCUT2D eigenvalue weighted by Crippen LogP contribution is 2.25. The summed E-state index contributed by atoms with van der Waals surface area (Å²) in [7, 11) is 0. The average Bonchev–Trinajstić information content (AvgIpc) is 2.85. The summed E-state index contributed by atoms with van der Waals surface area (Å²) >= 11 is 3.39. The van der Waals surface area contributed by atoms with Gasteiger partial charge in [-0.3, -0.25) is 9.89 Å². The summed E-state index contributed by atoms with van der Waals surface area (Å²) in [6, 6.07) is 0. The predicted molar refractivity (Wildman–Crippen MR) is 70.4 cm³/mol. The molecule has 0 aromatic carbocycles. The molecule has 1 amide bonds. The van der Waals surface area contributed by atoms with E-state index in [2.05, 4.69) is 36.6 Å². The second-order valence-corrected chi connectivity index (χ2v) is 5.36. The minimum Gasteiger partial charge on any atom is -0.391 e. The van der Waals surface area contributed by atoms with Gasteiger partial charge in [0.15, 0.2) is 11.5 Å². The van der Waals surface area contributed by atoms with Gasteiger partial charge in [0.2, 0.25) is 0 Å². The van der Waals surface area contributed by atoms with Gasteiger partial charge in [-0.1, -0.05) is 19.0 Å². The number of H-pyrrole nitrogens is 1. The first kappa shape index (κ1) is 13.1. The molecular formula is C11H15BrN4O2. The molecule has 18 heavy (non-hydrogen) atoms. The zero-order valence-corrected chi connectivity index (χ0v) is 12.0. The third-order valence-electron chi connectivity index (χ3n) is 2.61. The lowest BCUT2D eigenvalue weighted by Gasteiger charge is -2.02. The number of aromatic nitrogens is 2. The van der Waals surface area contributed by atoms with Crippen molar-refractivity contribution in [2.75, 3.05) is 0 Å². The molecule has 6 nitrogen and oxygen atoms in total. The van der Waals surface area contributed by atoms with Gasteiger partial charge in [0, 0.05) is 6.42 Å². The number of carbonyl (C=O) groups excluding carboxylic acids is 1. The number of nitrogens with zero attached hydrogens (tertiary/aromatic N) is 2. The minimum atomic E-state index is -0.290. The van der Waals surface area contributed by atoms with Crippen molar-refractivity contribution in [1.82, 2.24) is 15.5 Å². The molecule has 1 atom stereocenters. The molecule has 1 aliphatic rings. The van der Waals surface area contributed by atoms with E-state index >= 15 is 0 Å². The van der Waals surface area contributed by atoms with Crippen LogP contribution in [0.1, 0.15) is 49.3 Å². The predicted octanol–water partition coefficient (Wildman–Crippen LogP) is 2.15. The molecule has 0 radical (unpaired) electrons. The molecule has 0 saturated heterocycles. The fraction of sp³-hybridized carbons (Fsp3) is 0.545. The Labute approximate surface area is 113 Å². The molecule has 0 saturated carbocycles. The van der Waals surface area contributed by atoms with Crippen LogP contribution in [0.3, 0.4) is 0 Å². The lowest BCUT2D eigenvalue weighted by atomic mass is 10.1. The van der Waals surface area contributed by atoms with E-state index < -0.39 is 0 Å². The monoisotopic (exact) mass is 314 g/mol. The van der Waals surface area contributed by atoms with Crippen LogP contribution in [-0.2, 0) is 4.84 Å². The third-order valence-corrected chi connectivity index (χ3v) is 3.41. The van der Waals surface area contributed by atoms with E-state index in [1.54, 1.807) is 0 Å². The van der Waals surface area contributed by atoms with Crippen molar-refractivity contribution < 1.29 is 9.63 Å². The van der Waals surface area contributed by atoms with Crippen molar-refractivity contribution in [1.29, 1.82) is 0 Å². The van der Waals surface area contributed by atoms with Gasteiger partial charge in [-0.15, -0.1) is 0 Å². The summed E-state index contributed by atoms with van der Waals surface area (Å²) in [6.07, 6.45) is 0.610. The summed E-state index contributed by atoms with van der Waals surface area (Å²) in [5.41, 5.74) is 1.24. The maximum Gasteiger partial charge on any atom is 0.278 e. The van der Waals surface area contributed by atoms with Crippen molar-refractivity contribution >= 4 is 27.7 Å². The summed E-state index contributed by atoms with van der Waals surface area (Å²) in [4.78, 5) is 17.0. The second-order valence-electron chi connectivity index (χ2n) is 4.57. The molecule has 0 unspecified atom stereocenters. The summed E-state index contributed by atoms with van der Waals surface area (Å²) in [5, 5.41) is 13.4. The fourth-order valence-electron chi connectivity index (χ4n) is 1.64. The Balaban J connectivity index is 2.10. The van der Waals surface area contributed by atoms with E-state index in [9.17, 15) is 4.79 Å². The van der Waals surface area contributed by atoms with Crippen LogP contribution in [0.2, 0.25) is 0 Å². The Kier molecular flexibility index (Phi) is 3.70. The van der Waals surface area contributed by atoms with Crippen LogP contribution in [0.5, 0.6) is 0 Å². The van der Waals surface area contributed by atoms with Gasteiger partial charge in [0.05, 0.1) is 10.2 Å². The van der Waals surface area contributed by atoms with Gasteiger partial charge in [-0.05, 0) is 28.8 Å². The molecule has 1 aromatic heterocycles. The largest absolute Gasteiger partial charge is 0.391 e. The first-order valence-electron chi connectivity index (χ1n) is 5.76. The van der Waals surface area contributed by atoms with Crippen molar-refractivity contribution in [2.45, 2.75) is 39.2 Å². The number of hydrogen-bond acceptors (Lipinski definition) is 4. The number of halogens is 1. The van der Waals surface area contributed by atoms with Crippen LogP contribution in [0.4, 0.5) is 0 Å². The van der Waals surface area contributed by atoms with Crippen LogP contribution in [0.25, 0.3) is 0 Å². The van der Waals surface area contributed by atoms with E-state index in [0.717, 1.165) is 5.69 Å². The molecule has 7 heteroatoms. The van der Waals surface area contributed by atoms with Crippen molar-refractivity contribution in [3.63, 3.8) is 0 Å². The lowest BCUT2D eigenvalue weighted by Crippen LogP contribution is -2.30. The van der Waals surface area contributed by atoms with E-state index in [-0.39, 0.29) is 17.9 Å². The Bertz CT molecular complexity index is 495.